The van der Waals surface area contributed by atoms with E-state index in [1.165, 1.54) is 0 Å². The third-order valence-corrected chi connectivity index (χ3v) is 3.97. The fraction of sp³-hybridized carbons (Fsp3) is 0.400. The number of likely N-dealkylation sites (tertiary alicyclic amines) is 1. The number of hydrogen-bond acceptors (Lipinski definition) is 2. The first-order valence-corrected chi connectivity index (χ1v) is 7.10. The molecule has 5 nitrogen and oxygen atoms in total. The number of hydrogen-bond donors (Lipinski definition) is 2. The molecule has 3 heterocycles. The predicted octanol–water partition coefficient (Wildman–Crippen LogP) is 2.40. The van der Waals surface area contributed by atoms with Crippen LogP contribution in [0.2, 0.25) is 0 Å². The summed E-state index contributed by atoms with van der Waals surface area (Å²) in [5.74, 6) is 0.0700. The number of aromatic amines is 1. The summed E-state index contributed by atoms with van der Waals surface area (Å²) in [6, 6.07) is 5.95. The molecule has 3 N–H and O–H groups in total. The number of aromatic nitrogens is 2. The van der Waals surface area contributed by atoms with Crippen molar-refractivity contribution >= 4 is 11.6 Å². The van der Waals surface area contributed by atoms with Crippen LogP contribution < -0.4 is 5.73 Å². The lowest BCUT2D eigenvalue weighted by atomic mass is 10.1. The monoisotopic (exact) mass is 272 g/mol. The van der Waals surface area contributed by atoms with Gasteiger partial charge in [-0.25, -0.2) is 0 Å². The van der Waals surface area contributed by atoms with E-state index in [1.807, 2.05) is 40.9 Å². The van der Waals surface area contributed by atoms with E-state index < -0.39 is 0 Å². The van der Waals surface area contributed by atoms with Gasteiger partial charge in [-0.05, 0) is 38.0 Å². The zero-order valence-electron chi connectivity index (χ0n) is 11.7. The average molecular weight is 272 g/mol. The highest BCUT2D eigenvalue weighted by Gasteiger charge is 2.32. The van der Waals surface area contributed by atoms with Gasteiger partial charge >= 0.3 is 0 Å². The van der Waals surface area contributed by atoms with Crippen molar-refractivity contribution in [3.05, 3.63) is 42.0 Å². The molecule has 1 fully saturated rings. The fourth-order valence-corrected chi connectivity index (χ4v) is 3.01. The first-order valence-electron chi connectivity index (χ1n) is 7.10. The third-order valence-electron chi connectivity index (χ3n) is 3.97. The summed E-state index contributed by atoms with van der Waals surface area (Å²) in [6.07, 6.45) is 5.78. The van der Waals surface area contributed by atoms with Crippen molar-refractivity contribution in [1.82, 2.24) is 14.5 Å². The van der Waals surface area contributed by atoms with Gasteiger partial charge in [-0.15, -0.1) is 0 Å². The highest BCUT2D eigenvalue weighted by atomic mass is 16.2. The summed E-state index contributed by atoms with van der Waals surface area (Å²) in [7, 11) is 0. The van der Waals surface area contributed by atoms with Gasteiger partial charge in [0, 0.05) is 31.2 Å². The molecule has 1 amide bonds. The number of aryl methyl sites for hydroxylation is 1. The van der Waals surface area contributed by atoms with E-state index in [1.54, 1.807) is 6.07 Å². The summed E-state index contributed by atoms with van der Waals surface area (Å²) in [5, 5.41) is 0. The van der Waals surface area contributed by atoms with Crippen molar-refractivity contribution in [2.75, 3.05) is 12.3 Å². The van der Waals surface area contributed by atoms with Crippen molar-refractivity contribution < 1.29 is 4.79 Å². The molecule has 5 heteroatoms. The zero-order chi connectivity index (χ0) is 14.1. The minimum atomic E-state index is 0.0700. The van der Waals surface area contributed by atoms with Gasteiger partial charge < -0.3 is 20.2 Å². The molecule has 0 radical (unpaired) electrons. The van der Waals surface area contributed by atoms with Crippen LogP contribution in [0.3, 0.4) is 0 Å². The molecule has 1 aliphatic rings. The average Bonchev–Trinajstić information content (AvgIpc) is 3.16. The Bertz CT molecular complexity index is 599. The topological polar surface area (TPSA) is 67.0 Å². The Morgan fingerprint density at radius 2 is 2.40 bits per heavy atom. The first-order chi connectivity index (χ1) is 9.70. The molecule has 2 aromatic rings. The number of carbonyl (C=O) groups excluding carboxylic acids is 1. The molecular formula is C15H20N4O. The van der Waals surface area contributed by atoms with Gasteiger partial charge in [-0.1, -0.05) is 0 Å². The van der Waals surface area contributed by atoms with Gasteiger partial charge in [0.2, 0.25) is 0 Å². The molecule has 0 aromatic carbocycles. The van der Waals surface area contributed by atoms with E-state index in [0.29, 0.717) is 11.4 Å². The summed E-state index contributed by atoms with van der Waals surface area (Å²) >= 11 is 0. The van der Waals surface area contributed by atoms with Crippen LogP contribution >= 0.6 is 0 Å². The molecule has 0 bridgehead atoms. The molecule has 20 heavy (non-hydrogen) atoms. The second-order valence-electron chi connectivity index (χ2n) is 5.23. The molecule has 0 aliphatic carbocycles. The van der Waals surface area contributed by atoms with Crippen LogP contribution in [0.25, 0.3) is 0 Å². The van der Waals surface area contributed by atoms with Crippen LogP contribution in [-0.2, 0) is 6.54 Å². The summed E-state index contributed by atoms with van der Waals surface area (Å²) in [4.78, 5) is 18.0. The molecular weight excluding hydrogens is 252 g/mol. The highest BCUT2D eigenvalue weighted by molar-refractivity contribution is 5.94. The number of nitrogens with two attached hydrogens (primary N) is 1. The van der Waals surface area contributed by atoms with Crippen LogP contribution in [0.5, 0.6) is 0 Å². The van der Waals surface area contributed by atoms with Crippen LogP contribution in [-0.4, -0.2) is 26.9 Å². The third kappa shape index (κ3) is 2.09. The maximum Gasteiger partial charge on any atom is 0.271 e. The smallest absolute Gasteiger partial charge is 0.271 e. The molecule has 1 saturated heterocycles. The van der Waals surface area contributed by atoms with E-state index in [0.717, 1.165) is 31.6 Å². The van der Waals surface area contributed by atoms with E-state index in [2.05, 4.69) is 4.98 Å². The SMILES string of the molecule is CCn1cc(N)cc1C(=O)N1CCCC1c1ccc[nH]1. The number of rotatable bonds is 3. The second-order valence-corrected chi connectivity index (χ2v) is 5.23. The Hall–Kier alpha value is -2.17. The van der Waals surface area contributed by atoms with Gasteiger partial charge in [0.1, 0.15) is 5.69 Å². The molecule has 0 spiro atoms. The summed E-state index contributed by atoms with van der Waals surface area (Å²) in [6.45, 7) is 3.57. The van der Waals surface area contributed by atoms with Crippen molar-refractivity contribution in [3.63, 3.8) is 0 Å². The molecule has 106 valence electrons. The molecule has 0 saturated carbocycles. The van der Waals surface area contributed by atoms with E-state index in [4.69, 9.17) is 5.73 Å². The lowest BCUT2D eigenvalue weighted by molar-refractivity contribution is 0.0722. The number of carbonyl (C=O) groups is 1. The Labute approximate surface area is 118 Å². The lowest BCUT2D eigenvalue weighted by Crippen LogP contribution is -2.32. The Morgan fingerprint density at radius 3 is 3.10 bits per heavy atom. The van der Waals surface area contributed by atoms with Crippen LogP contribution in [0.15, 0.2) is 30.6 Å². The van der Waals surface area contributed by atoms with Crippen LogP contribution in [0, 0.1) is 0 Å². The van der Waals surface area contributed by atoms with Gasteiger partial charge in [-0.3, -0.25) is 4.79 Å². The van der Waals surface area contributed by atoms with Crippen LogP contribution in [0.4, 0.5) is 5.69 Å². The molecule has 1 atom stereocenters. The minimum Gasteiger partial charge on any atom is -0.397 e. The fourth-order valence-electron chi connectivity index (χ4n) is 3.01. The number of nitrogens with zero attached hydrogens (tertiary/aromatic N) is 2. The first kappa shape index (κ1) is 12.8. The Kier molecular flexibility index (Phi) is 3.26. The standard InChI is InChI=1S/C15H20N4O/c1-2-18-10-11(16)9-14(18)15(20)19-8-4-6-13(19)12-5-3-7-17-12/h3,5,7,9-10,13,17H,2,4,6,8,16H2,1H3. The Morgan fingerprint density at radius 1 is 1.55 bits per heavy atom. The number of nitrogen functional groups attached to an aromatic ring is 1. The van der Waals surface area contributed by atoms with Crippen LogP contribution in [0.1, 0.15) is 42.0 Å². The van der Waals surface area contributed by atoms with Crippen molar-refractivity contribution in [3.8, 4) is 0 Å². The van der Waals surface area contributed by atoms with Gasteiger partial charge in [-0.2, -0.15) is 0 Å². The van der Waals surface area contributed by atoms with E-state index >= 15 is 0 Å². The molecule has 1 unspecified atom stereocenters. The van der Waals surface area contributed by atoms with E-state index in [9.17, 15) is 4.79 Å². The number of anilines is 1. The quantitative estimate of drug-likeness (QED) is 0.901. The zero-order valence-corrected chi connectivity index (χ0v) is 11.7. The normalized spacial score (nSPS) is 18.6. The maximum atomic E-state index is 12.8. The highest BCUT2D eigenvalue weighted by Crippen LogP contribution is 2.32. The van der Waals surface area contributed by atoms with Crippen molar-refractivity contribution in [1.29, 1.82) is 0 Å². The van der Waals surface area contributed by atoms with Crippen molar-refractivity contribution in [2.24, 2.45) is 0 Å². The molecule has 1 aliphatic heterocycles. The van der Waals surface area contributed by atoms with Gasteiger partial charge in [0.15, 0.2) is 0 Å². The maximum absolute atomic E-state index is 12.8. The van der Waals surface area contributed by atoms with Gasteiger partial charge in [0.25, 0.3) is 5.91 Å². The van der Waals surface area contributed by atoms with E-state index in [-0.39, 0.29) is 11.9 Å². The molecule has 3 rings (SSSR count). The minimum absolute atomic E-state index is 0.0700. The predicted molar refractivity (Wildman–Crippen MR) is 78.3 cm³/mol. The molecule has 2 aromatic heterocycles. The Balaban J connectivity index is 1.89. The number of H-pyrrole nitrogens is 1. The largest absolute Gasteiger partial charge is 0.397 e. The van der Waals surface area contributed by atoms with Gasteiger partial charge in [0.05, 0.1) is 11.7 Å². The lowest BCUT2D eigenvalue weighted by Gasteiger charge is -2.24. The second kappa shape index (κ2) is 5.07. The van der Waals surface area contributed by atoms with Crippen molar-refractivity contribution in [2.45, 2.75) is 32.4 Å². The number of amides is 1. The summed E-state index contributed by atoms with van der Waals surface area (Å²) in [5.41, 5.74) is 8.26. The summed E-state index contributed by atoms with van der Waals surface area (Å²) < 4.78 is 1.92. The number of nitrogens with one attached hydrogen (secondary N) is 1.